The van der Waals surface area contributed by atoms with Gasteiger partial charge >= 0.3 is 0 Å². The zero-order valence-corrected chi connectivity index (χ0v) is 17.7. The minimum absolute atomic E-state index is 0.0682. The minimum atomic E-state index is -0.0682. The maximum Gasteiger partial charge on any atom is 0.0503 e. The Labute approximate surface area is 155 Å². The Morgan fingerprint density at radius 3 is 2.25 bits per heavy atom. The van der Waals surface area contributed by atoms with Crippen LogP contribution in [0.4, 0.5) is 0 Å². The highest BCUT2D eigenvalue weighted by Gasteiger charge is 2.63. The van der Waals surface area contributed by atoms with Crippen LogP contribution in [0.3, 0.4) is 0 Å². The fourth-order valence-electron chi connectivity index (χ4n) is 7.13. The van der Waals surface area contributed by atoms with E-state index in [0.29, 0.717) is 22.7 Å². The average Bonchev–Trinajstić information content (AvgIpc) is 2.74. The highest BCUT2D eigenvalue weighted by Crippen LogP contribution is 2.70. The third-order valence-electron chi connectivity index (χ3n) is 9.53. The lowest BCUT2D eigenvalue weighted by Crippen LogP contribution is -2.57. The minimum Gasteiger partial charge on any atom is -0.119 e. The molecule has 3 aliphatic carbocycles. The van der Waals surface area contributed by atoms with Gasteiger partial charge in [-0.1, -0.05) is 40.7 Å². The maximum atomic E-state index is 7.43. The molecule has 0 radical (unpaired) electrons. The molecule has 0 saturated heterocycles. The number of hydrogen-bond acceptors (Lipinski definition) is 0. The van der Waals surface area contributed by atoms with Crippen molar-refractivity contribution in [3.63, 3.8) is 0 Å². The van der Waals surface area contributed by atoms with E-state index in [1.54, 1.807) is 0 Å². The van der Waals surface area contributed by atoms with Gasteiger partial charge in [-0.25, -0.2) is 0 Å². The van der Waals surface area contributed by atoms with E-state index in [9.17, 15) is 0 Å². The summed E-state index contributed by atoms with van der Waals surface area (Å²) in [5.74, 6) is 3.00. The second-order valence-corrected chi connectivity index (χ2v) is 11.6. The van der Waals surface area contributed by atoms with Crippen molar-refractivity contribution in [2.75, 3.05) is 0 Å². The van der Waals surface area contributed by atoms with Gasteiger partial charge in [-0.05, 0) is 91.8 Å². The molecule has 0 heterocycles. The van der Waals surface area contributed by atoms with Crippen LogP contribution >= 0.6 is 11.6 Å². The summed E-state index contributed by atoms with van der Waals surface area (Å²) in [7, 11) is 0. The Morgan fingerprint density at radius 1 is 1.00 bits per heavy atom. The molecule has 0 aliphatic heterocycles. The fraction of sp³-hybridized carbons (Fsp3) is 0.913. The SMILES string of the molecule is C=CC(C)CC1(C)CCC2C(CCC3(C)C2CCC3(C)C)C1(C)Cl. The molecule has 1 heteroatoms. The Bertz CT molecular complexity index is 504. The summed E-state index contributed by atoms with van der Waals surface area (Å²) in [6.07, 6.45) is 11.5. The first-order chi connectivity index (χ1) is 11.0. The topological polar surface area (TPSA) is 0 Å². The van der Waals surface area contributed by atoms with Crippen molar-refractivity contribution in [2.24, 2.45) is 39.9 Å². The van der Waals surface area contributed by atoms with Crippen molar-refractivity contribution in [3.8, 4) is 0 Å². The molecule has 3 aliphatic rings. The normalized spacial score (nSPS) is 51.5. The number of rotatable bonds is 3. The summed E-state index contributed by atoms with van der Waals surface area (Å²) in [5.41, 5.74) is 1.28. The van der Waals surface area contributed by atoms with Crippen LogP contribution in [-0.4, -0.2) is 4.87 Å². The second-order valence-electron chi connectivity index (χ2n) is 10.8. The van der Waals surface area contributed by atoms with Gasteiger partial charge in [0.1, 0.15) is 0 Å². The van der Waals surface area contributed by atoms with Gasteiger partial charge in [0.25, 0.3) is 0 Å². The lowest BCUT2D eigenvalue weighted by atomic mass is 9.46. The zero-order chi connectivity index (χ0) is 18.0. The number of hydrogen-bond donors (Lipinski definition) is 0. The van der Waals surface area contributed by atoms with Crippen LogP contribution in [0, 0.1) is 39.9 Å². The molecule has 7 atom stereocenters. The predicted octanol–water partition coefficient (Wildman–Crippen LogP) is 7.46. The van der Waals surface area contributed by atoms with E-state index in [-0.39, 0.29) is 10.3 Å². The quantitative estimate of drug-likeness (QED) is 0.366. The lowest BCUT2D eigenvalue weighted by molar-refractivity contribution is -0.0819. The van der Waals surface area contributed by atoms with E-state index >= 15 is 0 Å². The van der Waals surface area contributed by atoms with Gasteiger partial charge in [0, 0.05) is 0 Å². The lowest BCUT2D eigenvalue weighted by Gasteiger charge is -2.61. The van der Waals surface area contributed by atoms with Crippen LogP contribution in [0.1, 0.15) is 86.5 Å². The van der Waals surface area contributed by atoms with Crippen LogP contribution in [-0.2, 0) is 0 Å². The molecule has 0 aromatic carbocycles. The van der Waals surface area contributed by atoms with Crippen molar-refractivity contribution >= 4 is 11.6 Å². The highest BCUT2D eigenvalue weighted by molar-refractivity contribution is 6.24. The summed E-state index contributed by atoms with van der Waals surface area (Å²) in [6, 6.07) is 0. The highest BCUT2D eigenvalue weighted by atomic mass is 35.5. The molecule has 0 nitrogen and oxygen atoms in total. The van der Waals surface area contributed by atoms with Crippen LogP contribution in [0.2, 0.25) is 0 Å². The number of fused-ring (bicyclic) bond motifs is 3. The van der Waals surface area contributed by atoms with Crippen LogP contribution in [0.25, 0.3) is 0 Å². The molecule has 0 bridgehead atoms. The predicted molar refractivity (Wildman–Crippen MR) is 106 cm³/mol. The van der Waals surface area contributed by atoms with Gasteiger partial charge in [-0.2, -0.15) is 0 Å². The molecular formula is C23H39Cl. The first-order valence-corrected chi connectivity index (χ1v) is 10.7. The molecule has 3 fully saturated rings. The Hall–Kier alpha value is 0.0300. The van der Waals surface area contributed by atoms with Crippen molar-refractivity contribution in [3.05, 3.63) is 12.7 Å². The maximum absolute atomic E-state index is 7.43. The van der Waals surface area contributed by atoms with E-state index in [2.05, 4.69) is 54.2 Å². The van der Waals surface area contributed by atoms with E-state index in [0.717, 1.165) is 11.8 Å². The standard InChI is InChI=1S/C23H39Cl/c1-8-16(2)15-21(5)13-9-17-18-10-12-20(3,4)22(18,6)14-11-19(17)23(21,7)24/h8,16-19H,1,9-15H2,2-7H3. The summed E-state index contributed by atoms with van der Waals surface area (Å²) in [4.78, 5) is -0.0682. The van der Waals surface area contributed by atoms with Crippen LogP contribution in [0.15, 0.2) is 12.7 Å². The van der Waals surface area contributed by atoms with Gasteiger partial charge in [0.05, 0.1) is 4.87 Å². The summed E-state index contributed by atoms with van der Waals surface area (Å²) < 4.78 is 0. The molecule has 0 spiro atoms. The van der Waals surface area contributed by atoms with Gasteiger partial charge in [-0.15, -0.1) is 18.2 Å². The van der Waals surface area contributed by atoms with Crippen molar-refractivity contribution in [1.29, 1.82) is 0 Å². The van der Waals surface area contributed by atoms with Crippen molar-refractivity contribution in [1.82, 2.24) is 0 Å². The molecule has 3 rings (SSSR count). The van der Waals surface area contributed by atoms with E-state index in [1.807, 2.05) is 0 Å². The molecule has 3 saturated carbocycles. The van der Waals surface area contributed by atoms with Gasteiger partial charge in [-0.3, -0.25) is 0 Å². The van der Waals surface area contributed by atoms with E-state index < -0.39 is 0 Å². The first-order valence-electron chi connectivity index (χ1n) is 10.3. The zero-order valence-electron chi connectivity index (χ0n) is 16.9. The smallest absolute Gasteiger partial charge is 0.0503 e. The number of halogens is 1. The monoisotopic (exact) mass is 350 g/mol. The second kappa shape index (κ2) is 5.77. The molecule has 0 amide bonds. The summed E-state index contributed by atoms with van der Waals surface area (Å²) >= 11 is 7.43. The molecule has 0 aromatic rings. The van der Waals surface area contributed by atoms with Gasteiger partial charge in [0.15, 0.2) is 0 Å². The fourth-order valence-corrected chi connectivity index (χ4v) is 7.57. The average molecular weight is 351 g/mol. The van der Waals surface area contributed by atoms with Crippen molar-refractivity contribution in [2.45, 2.75) is 91.4 Å². The Morgan fingerprint density at radius 2 is 1.62 bits per heavy atom. The molecule has 138 valence electrons. The largest absolute Gasteiger partial charge is 0.119 e. The number of allylic oxidation sites excluding steroid dienone is 1. The summed E-state index contributed by atoms with van der Waals surface area (Å²) in [6.45, 7) is 18.8. The molecule has 0 N–H and O–H groups in total. The number of alkyl halides is 1. The van der Waals surface area contributed by atoms with E-state index in [4.69, 9.17) is 11.6 Å². The van der Waals surface area contributed by atoms with Crippen LogP contribution < -0.4 is 0 Å². The van der Waals surface area contributed by atoms with Crippen molar-refractivity contribution < 1.29 is 0 Å². The van der Waals surface area contributed by atoms with Gasteiger partial charge in [0.2, 0.25) is 0 Å². The van der Waals surface area contributed by atoms with E-state index in [1.165, 1.54) is 44.9 Å². The Balaban J connectivity index is 1.88. The molecule has 24 heavy (non-hydrogen) atoms. The summed E-state index contributed by atoms with van der Waals surface area (Å²) in [5, 5.41) is 0. The molecule has 7 unspecified atom stereocenters. The first kappa shape index (κ1) is 18.8. The third kappa shape index (κ3) is 2.45. The molecular weight excluding hydrogens is 312 g/mol. The van der Waals surface area contributed by atoms with Crippen LogP contribution in [0.5, 0.6) is 0 Å². The van der Waals surface area contributed by atoms with Gasteiger partial charge < -0.3 is 0 Å². The Kier molecular flexibility index (Phi) is 4.52. The molecule has 0 aromatic heterocycles. The third-order valence-corrected chi connectivity index (χ3v) is 10.3.